The van der Waals surface area contributed by atoms with Crippen molar-refractivity contribution in [3.63, 3.8) is 0 Å². The Hall–Kier alpha value is -1.22. The van der Waals surface area contributed by atoms with Crippen LogP contribution in [0.2, 0.25) is 0 Å². The third kappa shape index (κ3) is 2.78. The Morgan fingerprint density at radius 2 is 2.00 bits per heavy atom. The molecule has 3 heteroatoms. The van der Waals surface area contributed by atoms with Crippen molar-refractivity contribution in [1.29, 1.82) is 0 Å². The standard InChI is InChI=1S/C15H22N2O/c1-2-18-15-7-3-12(4-8-15)16-13-9-10-17(11-13)14-5-6-14/h3-4,7-8,13-14,16H,2,5-6,9-11H2,1H3. The smallest absolute Gasteiger partial charge is 0.119 e. The van der Waals surface area contributed by atoms with Crippen LogP contribution >= 0.6 is 0 Å². The molecule has 1 aliphatic carbocycles. The van der Waals surface area contributed by atoms with Gasteiger partial charge >= 0.3 is 0 Å². The molecule has 1 unspecified atom stereocenters. The molecule has 1 aromatic carbocycles. The molecule has 1 heterocycles. The van der Waals surface area contributed by atoms with Crippen molar-refractivity contribution in [1.82, 2.24) is 4.90 Å². The third-order valence-corrected chi connectivity index (χ3v) is 3.82. The number of nitrogens with one attached hydrogen (secondary N) is 1. The summed E-state index contributed by atoms with van der Waals surface area (Å²) in [6.07, 6.45) is 4.09. The van der Waals surface area contributed by atoms with Gasteiger partial charge in [0.25, 0.3) is 0 Å². The molecule has 1 aromatic rings. The summed E-state index contributed by atoms with van der Waals surface area (Å²) >= 11 is 0. The minimum Gasteiger partial charge on any atom is -0.494 e. The monoisotopic (exact) mass is 246 g/mol. The van der Waals surface area contributed by atoms with Gasteiger partial charge in [-0.3, -0.25) is 4.90 Å². The Bertz CT molecular complexity index is 386. The van der Waals surface area contributed by atoms with E-state index in [1.165, 1.54) is 38.0 Å². The number of nitrogens with zero attached hydrogens (tertiary/aromatic N) is 1. The maximum atomic E-state index is 5.45. The minimum absolute atomic E-state index is 0.614. The van der Waals surface area contributed by atoms with E-state index in [9.17, 15) is 0 Å². The van der Waals surface area contributed by atoms with Gasteiger partial charge in [-0.25, -0.2) is 0 Å². The molecule has 18 heavy (non-hydrogen) atoms. The molecular formula is C15H22N2O. The first kappa shape index (κ1) is 11.8. The fourth-order valence-corrected chi connectivity index (χ4v) is 2.73. The molecule has 0 aromatic heterocycles. The first-order valence-electron chi connectivity index (χ1n) is 7.08. The molecule has 3 rings (SSSR count). The fraction of sp³-hybridized carbons (Fsp3) is 0.600. The lowest BCUT2D eigenvalue weighted by molar-refractivity contribution is 0.326. The summed E-state index contributed by atoms with van der Waals surface area (Å²) in [6.45, 7) is 5.21. The SMILES string of the molecule is CCOc1ccc(NC2CCN(C3CC3)C2)cc1. The van der Waals surface area contributed by atoms with Crippen LogP contribution in [0, 0.1) is 0 Å². The topological polar surface area (TPSA) is 24.5 Å². The number of hydrogen-bond acceptors (Lipinski definition) is 3. The molecule has 2 aliphatic rings. The highest BCUT2D eigenvalue weighted by Crippen LogP contribution is 2.30. The number of anilines is 1. The Morgan fingerprint density at radius 3 is 2.67 bits per heavy atom. The highest BCUT2D eigenvalue weighted by Gasteiger charge is 2.34. The van der Waals surface area contributed by atoms with Crippen molar-refractivity contribution in [2.45, 2.75) is 38.3 Å². The van der Waals surface area contributed by atoms with Crippen LogP contribution in [0.15, 0.2) is 24.3 Å². The average Bonchev–Trinajstić information content (AvgIpc) is 3.13. The molecule has 1 N–H and O–H groups in total. The molecule has 0 amide bonds. The second-order valence-electron chi connectivity index (χ2n) is 5.31. The van der Waals surface area contributed by atoms with Crippen LogP contribution in [0.5, 0.6) is 5.75 Å². The zero-order valence-electron chi connectivity index (χ0n) is 11.1. The highest BCUT2D eigenvalue weighted by atomic mass is 16.5. The predicted molar refractivity (Wildman–Crippen MR) is 74.2 cm³/mol. The van der Waals surface area contributed by atoms with E-state index < -0.39 is 0 Å². The Morgan fingerprint density at radius 1 is 1.22 bits per heavy atom. The fourth-order valence-electron chi connectivity index (χ4n) is 2.73. The third-order valence-electron chi connectivity index (χ3n) is 3.82. The number of ether oxygens (including phenoxy) is 1. The van der Waals surface area contributed by atoms with Crippen LogP contribution in [0.3, 0.4) is 0 Å². The van der Waals surface area contributed by atoms with Crippen LogP contribution in [0.1, 0.15) is 26.2 Å². The van der Waals surface area contributed by atoms with Crippen molar-refractivity contribution in [3.05, 3.63) is 24.3 Å². The summed E-state index contributed by atoms with van der Waals surface area (Å²) in [7, 11) is 0. The van der Waals surface area contributed by atoms with Crippen molar-refractivity contribution < 1.29 is 4.74 Å². The summed E-state index contributed by atoms with van der Waals surface area (Å²) in [5.74, 6) is 0.953. The molecule has 2 fully saturated rings. The van der Waals surface area contributed by atoms with E-state index in [0.29, 0.717) is 6.04 Å². The quantitative estimate of drug-likeness (QED) is 0.864. The number of hydrogen-bond donors (Lipinski definition) is 1. The molecule has 98 valence electrons. The number of rotatable bonds is 5. The lowest BCUT2D eigenvalue weighted by atomic mass is 10.2. The maximum Gasteiger partial charge on any atom is 0.119 e. The van der Waals surface area contributed by atoms with E-state index >= 15 is 0 Å². The van der Waals surface area contributed by atoms with Gasteiger partial charge < -0.3 is 10.1 Å². The average molecular weight is 246 g/mol. The minimum atomic E-state index is 0.614. The first-order chi connectivity index (χ1) is 8.85. The largest absolute Gasteiger partial charge is 0.494 e. The van der Waals surface area contributed by atoms with E-state index in [1.807, 2.05) is 19.1 Å². The van der Waals surface area contributed by atoms with Gasteiger partial charge in [-0.05, 0) is 50.5 Å². The maximum absolute atomic E-state index is 5.45. The molecular weight excluding hydrogens is 224 g/mol. The summed E-state index contributed by atoms with van der Waals surface area (Å²) < 4.78 is 5.45. The van der Waals surface area contributed by atoms with Crippen LogP contribution in [-0.4, -0.2) is 36.7 Å². The normalized spacial score (nSPS) is 24.2. The first-order valence-corrected chi connectivity index (χ1v) is 7.08. The van der Waals surface area contributed by atoms with Gasteiger partial charge in [0, 0.05) is 30.9 Å². The van der Waals surface area contributed by atoms with E-state index in [1.54, 1.807) is 0 Å². The van der Waals surface area contributed by atoms with Crippen molar-refractivity contribution in [3.8, 4) is 5.75 Å². The van der Waals surface area contributed by atoms with Gasteiger partial charge in [0.1, 0.15) is 5.75 Å². The molecule has 3 nitrogen and oxygen atoms in total. The van der Waals surface area contributed by atoms with E-state index in [0.717, 1.165) is 18.4 Å². The molecule has 0 bridgehead atoms. The summed E-state index contributed by atoms with van der Waals surface area (Å²) in [5.41, 5.74) is 1.21. The van der Waals surface area contributed by atoms with Crippen LogP contribution in [-0.2, 0) is 0 Å². The van der Waals surface area contributed by atoms with E-state index in [-0.39, 0.29) is 0 Å². The molecule has 0 spiro atoms. The van der Waals surface area contributed by atoms with Crippen molar-refractivity contribution >= 4 is 5.69 Å². The van der Waals surface area contributed by atoms with Gasteiger partial charge in [-0.15, -0.1) is 0 Å². The summed E-state index contributed by atoms with van der Waals surface area (Å²) in [5, 5.41) is 3.63. The number of benzene rings is 1. The van der Waals surface area contributed by atoms with E-state index in [4.69, 9.17) is 4.74 Å². The molecule has 1 atom stereocenters. The summed E-state index contributed by atoms with van der Waals surface area (Å²) in [4.78, 5) is 2.63. The lowest BCUT2D eigenvalue weighted by Gasteiger charge is -2.16. The van der Waals surface area contributed by atoms with Crippen LogP contribution in [0.25, 0.3) is 0 Å². The Kier molecular flexibility index (Phi) is 3.41. The van der Waals surface area contributed by atoms with E-state index in [2.05, 4.69) is 22.3 Å². The molecule has 1 aliphatic heterocycles. The Labute approximate surface area is 109 Å². The predicted octanol–water partition coefficient (Wildman–Crippen LogP) is 2.73. The molecule has 1 saturated carbocycles. The van der Waals surface area contributed by atoms with Gasteiger partial charge in [0.2, 0.25) is 0 Å². The van der Waals surface area contributed by atoms with Crippen LogP contribution < -0.4 is 10.1 Å². The second kappa shape index (κ2) is 5.19. The van der Waals surface area contributed by atoms with Crippen molar-refractivity contribution in [2.24, 2.45) is 0 Å². The second-order valence-corrected chi connectivity index (χ2v) is 5.31. The lowest BCUT2D eigenvalue weighted by Crippen LogP contribution is -2.27. The van der Waals surface area contributed by atoms with Gasteiger partial charge in [0.05, 0.1) is 6.61 Å². The number of likely N-dealkylation sites (tertiary alicyclic amines) is 1. The highest BCUT2D eigenvalue weighted by molar-refractivity contribution is 5.47. The van der Waals surface area contributed by atoms with Crippen molar-refractivity contribution in [2.75, 3.05) is 25.0 Å². The zero-order chi connectivity index (χ0) is 12.4. The van der Waals surface area contributed by atoms with Gasteiger partial charge in [0.15, 0.2) is 0 Å². The zero-order valence-corrected chi connectivity index (χ0v) is 11.1. The Balaban J connectivity index is 1.52. The van der Waals surface area contributed by atoms with Gasteiger partial charge in [-0.1, -0.05) is 0 Å². The summed E-state index contributed by atoms with van der Waals surface area (Å²) in [6, 6.07) is 9.83. The van der Waals surface area contributed by atoms with Crippen LogP contribution in [0.4, 0.5) is 5.69 Å². The molecule has 0 radical (unpaired) electrons. The molecule has 1 saturated heterocycles. The van der Waals surface area contributed by atoms with Gasteiger partial charge in [-0.2, -0.15) is 0 Å².